The Bertz CT molecular complexity index is 146. The lowest BCUT2D eigenvalue weighted by molar-refractivity contribution is 0.409. The zero-order valence-corrected chi connectivity index (χ0v) is 9.27. The molecule has 2 rings (SSSR count). The fourth-order valence-corrected chi connectivity index (χ4v) is 4.96. The van der Waals surface area contributed by atoms with Crippen molar-refractivity contribution in [1.82, 2.24) is 5.32 Å². The third kappa shape index (κ3) is 1.64. The Morgan fingerprint density at radius 3 is 2.92 bits per heavy atom. The van der Waals surface area contributed by atoms with Crippen molar-refractivity contribution < 1.29 is 0 Å². The van der Waals surface area contributed by atoms with Gasteiger partial charge >= 0.3 is 0 Å². The molecular formula is C9H17NS2. The first-order chi connectivity index (χ1) is 5.83. The van der Waals surface area contributed by atoms with Crippen LogP contribution in [0.1, 0.15) is 26.2 Å². The Morgan fingerprint density at radius 2 is 2.25 bits per heavy atom. The van der Waals surface area contributed by atoms with Crippen LogP contribution >= 0.6 is 23.5 Å². The number of thioether (sulfide) groups is 2. The van der Waals surface area contributed by atoms with Crippen molar-refractivity contribution in [2.75, 3.05) is 18.1 Å². The van der Waals surface area contributed by atoms with E-state index in [0.29, 0.717) is 4.87 Å². The Kier molecular flexibility index (Phi) is 2.93. The third-order valence-corrected chi connectivity index (χ3v) is 6.11. The van der Waals surface area contributed by atoms with E-state index in [1.165, 1.54) is 37.3 Å². The van der Waals surface area contributed by atoms with Crippen molar-refractivity contribution in [3.05, 3.63) is 0 Å². The van der Waals surface area contributed by atoms with Gasteiger partial charge < -0.3 is 5.32 Å². The monoisotopic (exact) mass is 203 g/mol. The van der Waals surface area contributed by atoms with Gasteiger partial charge in [-0.2, -0.15) is 11.8 Å². The zero-order chi connectivity index (χ0) is 8.44. The first-order valence-electron chi connectivity index (χ1n) is 4.84. The summed E-state index contributed by atoms with van der Waals surface area (Å²) in [6, 6.07) is 0. The van der Waals surface area contributed by atoms with Gasteiger partial charge in [-0.15, -0.1) is 11.8 Å². The van der Waals surface area contributed by atoms with Crippen molar-refractivity contribution in [2.24, 2.45) is 0 Å². The van der Waals surface area contributed by atoms with Crippen LogP contribution in [0.15, 0.2) is 0 Å². The molecule has 0 amide bonds. The molecule has 0 aliphatic carbocycles. The van der Waals surface area contributed by atoms with Crippen molar-refractivity contribution >= 4 is 23.5 Å². The first-order valence-corrected chi connectivity index (χ1v) is 6.87. The molecule has 2 heterocycles. The average molecular weight is 203 g/mol. The van der Waals surface area contributed by atoms with Gasteiger partial charge in [0.05, 0.1) is 4.87 Å². The quantitative estimate of drug-likeness (QED) is 0.649. The van der Waals surface area contributed by atoms with E-state index >= 15 is 0 Å². The molecule has 0 saturated carbocycles. The van der Waals surface area contributed by atoms with Crippen LogP contribution in [0.5, 0.6) is 0 Å². The fourth-order valence-electron chi connectivity index (χ4n) is 2.03. The molecule has 2 unspecified atom stereocenters. The van der Waals surface area contributed by atoms with Crippen LogP contribution in [-0.4, -0.2) is 28.2 Å². The van der Waals surface area contributed by atoms with Crippen LogP contribution in [0.4, 0.5) is 0 Å². The Morgan fingerprint density at radius 1 is 1.33 bits per heavy atom. The number of hydrogen-bond acceptors (Lipinski definition) is 3. The smallest absolute Gasteiger partial charge is 0.0762 e. The molecule has 2 aliphatic rings. The lowest BCUT2D eigenvalue weighted by atomic mass is 10.1. The van der Waals surface area contributed by atoms with Crippen LogP contribution in [0.25, 0.3) is 0 Å². The maximum absolute atomic E-state index is 3.73. The fraction of sp³-hybridized carbons (Fsp3) is 1.00. The summed E-state index contributed by atoms with van der Waals surface area (Å²) in [4.78, 5) is 0.446. The maximum atomic E-state index is 3.73. The highest BCUT2D eigenvalue weighted by atomic mass is 32.2. The SMILES string of the molecule is CC1SCCCC12NCCCS2. The van der Waals surface area contributed by atoms with Gasteiger partial charge in [0, 0.05) is 5.25 Å². The molecule has 1 spiro atoms. The standard InChI is InChI=1S/C9H17NS2/c1-8-9(4-2-6-11-8)10-5-3-7-12-9/h8,10H,2-7H2,1H3. The van der Waals surface area contributed by atoms with Crippen LogP contribution in [0.2, 0.25) is 0 Å². The highest BCUT2D eigenvalue weighted by molar-refractivity contribution is 8.04. The van der Waals surface area contributed by atoms with Gasteiger partial charge in [0.15, 0.2) is 0 Å². The van der Waals surface area contributed by atoms with E-state index in [-0.39, 0.29) is 0 Å². The highest BCUT2D eigenvalue weighted by Crippen LogP contribution is 2.43. The van der Waals surface area contributed by atoms with Crippen molar-refractivity contribution in [3.8, 4) is 0 Å². The van der Waals surface area contributed by atoms with E-state index in [0.717, 1.165) is 5.25 Å². The van der Waals surface area contributed by atoms with E-state index in [9.17, 15) is 0 Å². The van der Waals surface area contributed by atoms with Gasteiger partial charge in [0.1, 0.15) is 0 Å². The summed E-state index contributed by atoms with van der Waals surface area (Å²) in [6.07, 6.45) is 4.13. The van der Waals surface area contributed by atoms with Gasteiger partial charge in [0.2, 0.25) is 0 Å². The predicted octanol–water partition coefficient (Wildman–Crippen LogP) is 2.32. The number of nitrogens with one attached hydrogen (secondary N) is 1. The second-order valence-corrected chi connectivity index (χ2v) is 6.51. The minimum atomic E-state index is 0.446. The molecule has 0 aromatic rings. The van der Waals surface area contributed by atoms with Gasteiger partial charge in [-0.05, 0) is 37.3 Å². The lowest BCUT2D eigenvalue weighted by Gasteiger charge is -2.45. The second-order valence-electron chi connectivity index (χ2n) is 3.63. The average Bonchev–Trinajstić information content (AvgIpc) is 2.12. The molecule has 2 atom stereocenters. The Hall–Kier alpha value is 0.660. The largest absolute Gasteiger partial charge is 0.302 e. The molecule has 2 saturated heterocycles. The van der Waals surface area contributed by atoms with Gasteiger partial charge in [-0.25, -0.2) is 0 Å². The molecule has 2 aliphatic heterocycles. The summed E-state index contributed by atoms with van der Waals surface area (Å²) >= 11 is 4.30. The summed E-state index contributed by atoms with van der Waals surface area (Å²) in [5.41, 5.74) is 0. The Labute approximate surface area is 83.4 Å². The molecule has 2 fully saturated rings. The molecule has 1 nitrogen and oxygen atoms in total. The molecule has 1 N–H and O–H groups in total. The second kappa shape index (κ2) is 3.81. The van der Waals surface area contributed by atoms with Crippen molar-refractivity contribution in [1.29, 1.82) is 0 Å². The summed E-state index contributed by atoms with van der Waals surface area (Å²) in [5, 5.41) is 4.53. The maximum Gasteiger partial charge on any atom is 0.0762 e. The van der Waals surface area contributed by atoms with Gasteiger partial charge in [0.25, 0.3) is 0 Å². The molecule has 0 aromatic carbocycles. The van der Waals surface area contributed by atoms with Gasteiger partial charge in [-0.1, -0.05) is 6.92 Å². The van der Waals surface area contributed by atoms with E-state index in [1.54, 1.807) is 0 Å². The highest BCUT2D eigenvalue weighted by Gasteiger charge is 2.39. The van der Waals surface area contributed by atoms with Crippen molar-refractivity contribution in [2.45, 2.75) is 36.3 Å². The Balaban J connectivity index is 2.04. The van der Waals surface area contributed by atoms with E-state index < -0.39 is 0 Å². The molecule has 70 valence electrons. The van der Waals surface area contributed by atoms with E-state index in [4.69, 9.17) is 0 Å². The topological polar surface area (TPSA) is 12.0 Å². The van der Waals surface area contributed by atoms with Crippen molar-refractivity contribution in [3.63, 3.8) is 0 Å². The summed E-state index contributed by atoms with van der Waals surface area (Å²) in [5.74, 6) is 2.73. The lowest BCUT2D eigenvalue weighted by Crippen LogP contribution is -2.54. The molecule has 0 aromatic heterocycles. The zero-order valence-electron chi connectivity index (χ0n) is 7.64. The van der Waals surface area contributed by atoms with Crippen LogP contribution in [0, 0.1) is 0 Å². The molecule has 12 heavy (non-hydrogen) atoms. The minimum absolute atomic E-state index is 0.446. The molecule has 3 heteroatoms. The molecular weight excluding hydrogens is 186 g/mol. The van der Waals surface area contributed by atoms with Crippen LogP contribution in [-0.2, 0) is 0 Å². The minimum Gasteiger partial charge on any atom is -0.302 e. The van der Waals surface area contributed by atoms with E-state index in [2.05, 4.69) is 35.8 Å². The van der Waals surface area contributed by atoms with Crippen LogP contribution in [0.3, 0.4) is 0 Å². The van der Waals surface area contributed by atoms with E-state index in [1.807, 2.05) is 0 Å². The first kappa shape index (κ1) is 9.22. The summed E-state index contributed by atoms with van der Waals surface area (Å²) < 4.78 is 0. The number of rotatable bonds is 0. The molecule has 0 bridgehead atoms. The van der Waals surface area contributed by atoms with Crippen LogP contribution < -0.4 is 5.32 Å². The third-order valence-electron chi connectivity index (χ3n) is 2.82. The van der Waals surface area contributed by atoms with Gasteiger partial charge in [-0.3, -0.25) is 0 Å². The predicted molar refractivity (Wildman–Crippen MR) is 59.0 cm³/mol. The summed E-state index contributed by atoms with van der Waals surface area (Å²) in [7, 11) is 0. The number of hydrogen-bond donors (Lipinski definition) is 1. The summed E-state index contributed by atoms with van der Waals surface area (Å²) in [6.45, 7) is 3.62. The molecule has 0 radical (unpaired) electrons. The normalized spacial score (nSPS) is 43.2.